The van der Waals surface area contributed by atoms with Gasteiger partial charge in [0, 0.05) is 32.6 Å². The number of rotatable bonds is 9. The van der Waals surface area contributed by atoms with Crippen LogP contribution in [-0.2, 0) is 4.79 Å². The number of nitrogens with zero attached hydrogens (tertiary/aromatic N) is 1. The zero-order chi connectivity index (χ0) is 14.8. The SMILES string of the molecule is CC(C)C(N)CCN(C)C(=O)CCCCNC(N)=O. The lowest BCUT2D eigenvalue weighted by molar-refractivity contribution is -0.130. The second kappa shape index (κ2) is 9.61. The first-order chi connectivity index (χ1) is 8.84. The van der Waals surface area contributed by atoms with E-state index < -0.39 is 6.03 Å². The predicted molar refractivity (Wildman–Crippen MR) is 76.5 cm³/mol. The number of carbonyl (C=O) groups excluding carboxylic acids is 2. The molecule has 1 unspecified atom stereocenters. The molecule has 0 aromatic rings. The van der Waals surface area contributed by atoms with E-state index in [0.29, 0.717) is 25.4 Å². The smallest absolute Gasteiger partial charge is 0.312 e. The van der Waals surface area contributed by atoms with Crippen molar-refractivity contribution in [3.05, 3.63) is 0 Å². The van der Waals surface area contributed by atoms with Gasteiger partial charge in [-0.2, -0.15) is 0 Å². The molecule has 0 aliphatic rings. The van der Waals surface area contributed by atoms with E-state index >= 15 is 0 Å². The minimum atomic E-state index is -0.522. The van der Waals surface area contributed by atoms with Crippen LogP contribution in [-0.4, -0.2) is 43.0 Å². The first-order valence-electron chi connectivity index (χ1n) is 6.87. The van der Waals surface area contributed by atoms with E-state index in [1.165, 1.54) is 0 Å². The average molecular weight is 272 g/mol. The van der Waals surface area contributed by atoms with Gasteiger partial charge in [-0.25, -0.2) is 4.79 Å². The molecule has 19 heavy (non-hydrogen) atoms. The first kappa shape index (κ1) is 17.7. The molecule has 6 heteroatoms. The van der Waals surface area contributed by atoms with Gasteiger partial charge >= 0.3 is 6.03 Å². The Morgan fingerprint density at radius 2 is 1.89 bits per heavy atom. The summed E-state index contributed by atoms with van der Waals surface area (Å²) in [6.07, 6.45) is 2.82. The summed E-state index contributed by atoms with van der Waals surface area (Å²) in [6, 6.07) is -0.388. The standard InChI is InChI=1S/C13H28N4O2/c1-10(2)11(14)7-9-17(3)12(18)6-4-5-8-16-13(15)19/h10-11H,4-9,14H2,1-3H3,(H3,15,16,19). The minimum absolute atomic E-state index is 0.120. The van der Waals surface area contributed by atoms with Crippen molar-refractivity contribution in [1.82, 2.24) is 10.2 Å². The molecule has 0 aliphatic carbocycles. The molecule has 112 valence electrons. The minimum Gasteiger partial charge on any atom is -0.352 e. The largest absolute Gasteiger partial charge is 0.352 e. The van der Waals surface area contributed by atoms with Gasteiger partial charge in [0.25, 0.3) is 0 Å². The van der Waals surface area contributed by atoms with E-state index in [1.54, 1.807) is 11.9 Å². The van der Waals surface area contributed by atoms with Crippen LogP contribution in [0.25, 0.3) is 0 Å². The van der Waals surface area contributed by atoms with Crippen molar-refractivity contribution in [3.8, 4) is 0 Å². The highest BCUT2D eigenvalue weighted by Gasteiger charge is 2.12. The van der Waals surface area contributed by atoms with Crippen molar-refractivity contribution in [2.45, 2.75) is 45.6 Å². The van der Waals surface area contributed by atoms with E-state index in [9.17, 15) is 9.59 Å². The average Bonchev–Trinajstić information content (AvgIpc) is 2.34. The van der Waals surface area contributed by atoms with Crippen molar-refractivity contribution in [3.63, 3.8) is 0 Å². The molecule has 0 saturated heterocycles. The number of hydrogen-bond acceptors (Lipinski definition) is 3. The number of nitrogens with two attached hydrogens (primary N) is 2. The fraction of sp³-hybridized carbons (Fsp3) is 0.846. The fourth-order valence-corrected chi connectivity index (χ4v) is 1.60. The van der Waals surface area contributed by atoms with Crippen LogP contribution in [0.1, 0.15) is 39.5 Å². The molecule has 0 rings (SSSR count). The number of hydrogen-bond donors (Lipinski definition) is 3. The Morgan fingerprint density at radius 1 is 1.26 bits per heavy atom. The van der Waals surface area contributed by atoms with Crippen LogP contribution in [0.3, 0.4) is 0 Å². The third-order valence-electron chi connectivity index (χ3n) is 3.20. The van der Waals surface area contributed by atoms with Gasteiger partial charge in [-0.1, -0.05) is 13.8 Å². The van der Waals surface area contributed by atoms with Gasteiger partial charge in [0.1, 0.15) is 0 Å². The van der Waals surface area contributed by atoms with Crippen molar-refractivity contribution in [1.29, 1.82) is 0 Å². The Bertz CT molecular complexity index is 282. The molecule has 0 bridgehead atoms. The van der Waals surface area contributed by atoms with Crippen molar-refractivity contribution in [2.24, 2.45) is 17.4 Å². The van der Waals surface area contributed by atoms with Crippen LogP contribution in [0.2, 0.25) is 0 Å². The van der Waals surface area contributed by atoms with Crippen LogP contribution in [0.15, 0.2) is 0 Å². The Morgan fingerprint density at radius 3 is 2.42 bits per heavy atom. The van der Waals surface area contributed by atoms with E-state index in [0.717, 1.165) is 19.3 Å². The molecule has 0 saturated carbocycles. The van der Waals surface area contributed by atoms with Crippen LogP contribution in [0.4, 0.5) is 4.79 Å². The Labute approximate surface area is 115 Å². The summed E-state index contributed by atoms with van der Waals surface area (Å²) in [5, 5.41) is 2.50. The summed E-state index contributed by atoms with van der Waals surface area (Å²) in [5.74, 6) is 0.554. The summed E-state index contributed by atoms with van der Waals surface area (Å²) >= 11 is 0. The highest BCUT2D eigenvalue weighted by atomic mass is 16.2. The van der Waals surface area contributed by atoms with Crippen LogP contribution < -0.4 is 16.8 Å². The number of nitrogens with one attached hydrogen (secondary N) is 1. The third kappa shape index (κ3) is 9.30. The van der Waals surface area contributed by atoms with Gasteiger partial charge in [-0.15, -0.1) is 0 Å². The highest BCUT2D eigenvalue weighted by molar-refractivity contribution is 5.75. The summed E-state index contributed by atoms with van der Waals surface area (Å²) in [5.41, 5.74) is 10.9. The Balaban J connectivity index is 3.67. The van der Waals surface area contributed by atoms with Gasteiger partial charge in [0.2, 0.25) is 5.91 Å². The topological polar surface area (TPSA) is 101 Å². The summed E-state index contributed by atoms with van der Waals surface area (Å²) in [4.78, 5) is 24.0. The second-order valence-corrected chi connectivity index (χ2v) is 5.26. The zero-order valence-corrected chi connectivity index (χ0v) is 12.3. The van der Waals surface area contributed by atoms with Gasteiger partial charge < -0.3 is 21.7 Å². The van der Waals surface area contributed by atoms with E-state index in [2.05, 4.69) is 19.2 Å². The van der Waals surface area contributed by atoms with Crippen molar-refractivity contribution >= 4 is 11.9 Å². The number of carbonyl (C=O) groups is 2. The quantitative estimate of drug-likeness (QED) is 0.537. The monoisotopic (exact) mass is 272 g/mol. The summed E-state index contributed by atoms with van der Waals surface area (Å²) in [7, 11) is 1.80. The van der Waals surface area contributed by atoms with E-state index in [4.69, 9.17) is 11.5 Å². The number of urea groups is 1. The molecule has 0 aromatic carbocycles. The van der Waals surface area contributed by atoms with Gasteiger partial charge in [-0.05, 0) is 25.2 Å². The molecule has 5 N–H and O–H groups in total. The molecule has 0 heterocycles. The molecule has 1 atom stereocenters. The van der Waals surface area contributed by atoms with Crippen LogP contribution >= 0.6 is 0 Å². The maximum Gasteiger partial charge on any atom is 0.312 e. The molecular weight excluding hydrogens is 244 g/mol. The maximum atomic E-state index is 11.8. The Hall–Kier alpha value is -1.30. The third-order valence-corrected chi connectivity index (χ3v) is 3.20. The molecule has 0 aromatic heterocycles. The molecule has 0 fully saturated rings. The van der Waals surface area contributed by atoms with Crippen LogP contribution in [0, 0.1) is 5.92 Å². The Kier molecular flexibility index (Phi) is 8.95. The van der Waals surface area contributed by atoms with E-state index in [1.807, 2.05) is 0 Å². The molecule has 0 radical (unpaired) electrons. The van der Waals surface area contributed by atoms with Gasteiger partial charge in [-0.3, -0.25) is 4.79 Å². The second-order valence-electron chi connectivity index (χ2n) is 5.26. The number of amides is 3. The van der Waals surface area contributed by atoms with Crippen LogP contribution in [0.5, 0.6) is 0 Å². The molecule has 3 amide bonds. The van der Waals surface area contributed by atoms with Gasteiger partial charge in [0.05, 0.1) is 0 Å². The maximum absolute atomic E-state index is 11.8. The van der Waals surface area contributed by atoms with Crippen molar-refractivity contribution in [2.75, 3.05) is 20.1 Å². The number of unbranched alkanes of at least 4 members (excludes halogenated alkanes) is 1. The van der Waals surface area contributed by atoms with Gasteiger partial charge in [0.15, 0.2) is 0 Å². The lowest BCUT2D eigenvalue weighted by Gasteiger charge is -2.21. The summed E-state index contributed by atoms with van der Waals surface area (Å²) in [6.45, 7) is 5.37. The molecule has 6 nitrogen and oxygen atoms in total. The molecular formula is C13H28N4O2. The van der Waals surface area contributed by atoms with Crippen molar-refractivity contribution < 1.29 is 9.59 Å². The highest BCUT2D eigenvalue weighted by Crippen LogP contribution is 2.05. The fourth-order valence-electron chi connectivity index (χ4n) is 1.60. The molecule has 0 aliphatic heterocycles. The first-order valence-corrected chi connectivity index (χ1v) is 6.87. The predicted octanol–water partition coefficient (Wildman–Crippen LogP) is 0.657. The zero-order valence-electron chi connectivity index (χ0n) is 12.3. The normalized spacial score (nSPS) is 12.3. The lowest BCUT2D eigenvalue weighted by Crippen LogP contribution is -2.34. The van der Waals surface area contributed by atoms with E-state index in [-0.39, 0.29) is 11.9 Å². The molecule has 0 spiro atoms. The number of primary amides is 1. The lowest BCUT2D eigenvalue weighted by atomic mass is 10.0. The summed E-state index contributed by atoms with van der Waals surface area (Å²) < 4.78 is 0.